The molecule has 2 aromatic rings. The maximum Gasteiger partial charge on any atom is 0.208 e. The van der Waals surface area contributed by atoms with Gasteiger partial charge in [0.25, 0.3) is 0 Å². The first kappa shape index (κ1) is 18.4. The summed E-state index contributed by atoms with van der Waals surface area (Å²) < 4.78 is 5.93. The summed E-state index contributed by atoms with van der Waals surface area (Å²) in [5.74, 6) is 1.77. The monoisotopic (exact) mass is 361 g/mol. The Morgan fingerprint density at radius 1 is 1.16 bits per heavy atom. The highest BCUT2D eigenvalue weighted by Crippen LogP contribution is 2.28. The fourth-order valence-corrected chi connectivity index (χ4v) is 3.53. The second kappa shape index (κ2) is 7.48. The lowest BCUT2D eigenvalue weighted by atomic mass is 9.94. The Morgan fingerprint density at radius 2 is 1.84 bits per heavy atom. The van der Waals surface area contributed by atoms with Gasteiger partial charge in [-0.3, -0.25) is 9.80 Å². The lowest BCUT2D eigenvalue weighted by molar-refractivity contribution is 0.0915. The van der Waals surface area contributed by atoms with Gasteiger partial charge in [0.1, 0.15) is 5.76 Å². The average Bonchev–Trinajstić information content (AvgIpc) is 3.04. The van der Waals surface area contributed by atoms with E-state index < -0.39 is 0 Å². The molecule has 1 aromatic carbocycles. The zero-order valence-electron chi connectivity index (χ0n) is 15.6. The molecule has 2 heterocycles. The van der Waals surface area contributed by atoms with E-state index in [4.69, 9.17) is 16.0 Å². The zero-order valence-corrected chi connectivity index (χ0v) is 16.4. The van der Waals surface area contributed by atoms with Crippen LogP contribution in [-0.2, 0) is 12.0 Å². The molecule has 4 nitrogen and oxygen atoms in total. The van der Waals surface area contributed by atoms with Gasteiger partial charge in [-0.05, 0) is 18.6 Å². The fraction of sp³-hybridized carbons (Fsp3) is 0.550. The van der Waals surface area contributed by atoms with Gasteiger partial charge in [0.2, 0.25) is 5.89 Å². The molecule has 1 saturated heterocycles. The summed E-state index contributed by atoms with van der Waals surface area (Å²) in [5, 5.41) is 0.854. The minimum atomic E-state index is 0.00827. The first-order chi connectivity index (χ1) is 11.8. The molecule has 0 amide bonds. The maximum absolute atomic E-state index is 6.36. The topological polar surface area (TPSA) is 32.5 Å². The van der Waals surface area contributed by atoms with E-state index in [1.807, 2.05) is 18.3 Å². The Hall–Kier alpha value is -1.36. The van der Waals surface area contributed by atoms with Crippen LogP contribution in [0.4, 0.5) is 0 Å². The van der Waals surface area contributed by atoms with Crippen molar-refractivity contribution in [2.75, 3.05) is 26.2 Å². The quantitative estimate of drug-likeness (QED) is 0.802. The van der Waals surface area contributed by atoms with Gasteiger partial charge in [0.15, 0.2) is 0 Å². The summed E-state index contributed by atoms with van der Waals surface area (Å²) in [5.41, 5.74) is 1.22. The van der Waals surface area contributed by atoms with Gasteiger partial charge < -0.3 is 4.42 Å². The third-order valence-electron chi connectivity index (χ3n) is 4.96. The molecule has 5 heteroatoms. The predicted molar refractivity (Wildman–Crippen MR) is 102 cm³/mol. The van der Waals surface area contributed by atoms with Crippen LogP contribution < -0.4 is 0 Å². The summed E-state index contributed by atoms with van der Waals surface area (Å²) in [7, 11) is 0. The molecule has 3 rings (SSSR count). The summed E-state index contributed by atoms with van der Waals surface area (Å²) >= 11 is 6.36. The minimum absolute atomic E-state index is 0.00827. The van der Waals surface area contributed by atoms with Gasteiger partial charge in [-0.2, -0.15) is 0 Å². The van der Waals surface area contributed by atoms with Crippen LogP contribution in [0, 0.1) is 0 Å². The summed E-state index contributed by atoms with van der Waals surface area (Å²) in [6.45, 7) is 13.5. The van der Waals surface area contributed by atoms with Gasteiger partial charge in [-0.25, -0.2) is 4.98 Å². The van der Waals surface area contributed by atoms with E-state index in [1.165, 1.54) is 5.56 Å². The molecule has 136 valence electrons. The van der Waals surface area contributed by atoms with E-state index in [0.717, 1.165) is 49.4 Å². The van der Waals surface area contributed by atoms with E-state index in [-0.39, 0.29) is 5.41 Å². The Bertz CT molecular complexity index is 699. The third kappa shape index (κ3) is 4.43. The Labute approximate surface area is 155 Å². The number of benzene rings is 1. The van der Waals surface area contributed by atoms with Gasteiger partial charge in [0, 0.05) is 42.7 Å². The Kier molecular flexibility index (Phi) is 5.52. The second-order valence-electron chi connectivity index (χ2n) is 7.88. The normalized spacial score (nSPS) is 18.4. The van der Waals surface area contributed by atoms with Gasteiger partial charge in [-0.15, -0.1) is 0 Å². The molecular weight excluding hydrogens is 334 g/mol. The standard InChI is InChI=1S/C20H28ClN3O/c1-15(16-7-5-6-8-17(16)21)24-11-9-23(10-12-24)14-19-22-13-18(25-19)20(2,3)4/h5-8,13,15H,9-12,14H2,1-4H3/t15-/m0/s1. The largest absolute Gasteiger partial charge is 0.444 e. The van der Waals surface area contributed by atoms with E-state index in [2.05, 4.69) is 54.6 Å². The van der Waals surface area contributed by atoms with Crippen molar-refractivity contribution in [1.29, 1.82) is 0 Å². The van der Waals surface area contributed by atoms with Crippen molar-refractivity contribution in [1.82, 2.24) is 14.8 Å². The number of nitrogens with zero attached hydrogens (tertiary/aromatic N) is 3. The molecule has 1 atom stereocenters. The van der Waals surface area contributed by atoms with Crippen LogP contribution in [0.25, 0.3) is 0 Å². The van der Waals surface area contributed by atoms with Crippen molar-refractivity contribution in [3.63, 3.8) is 0 Å². The molecule has 1 aliphatic rings. The zero-order chi connectivity index (χ0) is 18.0. The summed E-state index contributed by atoms with van der Waals surface area (Å²) in [6.07, 6.45) is 1.87. The maximum atomic E-state index is 6.36. The third-order valence-corrected chi connectivity index (χ3v) is 5.31. The number of piperazine rings is 1. The van der Waals surface area contributed by atoms with Crippen molar-refractivity contribution in [2.45, 2.75) is 45.7 Å². The SMILES string of the molecule is C[C@@H](c1ccccc1Cl)N1CCN(Cc2ncc(C(C)(C)C)o2)CC1. The van der Waals surface area contributed by atoms with E-state index in [0.29, 0.717) is 6.04 Å². The molecule has 25 heavy (non-hydrogen) atoms. The number of aromatic nitrogens is 1. The van der Waals surface area contributed by atoms with Crippen LogP contribution >= 0.6 is 11.6 Å². The number of oxazole rings is 1. The lowest BCUT2D eigenvalue weighted by Crippen LogP contribution is -2.46. The second-order valence-corrected chi connectivity index (χ2v) is 8.29. The molecular formula is C20H28ClN3O. The highest BCUT2D eigenvalue weighted by Gasteiger charge is 2.25. The molecule has 0 N–H and O–H groups in total. The van der Waals surface area contributed by atoms with Gasteiger partial charge in [-0.1, -0.05) is 50.6 Å². The highest BCUT2D eigenvalue weighted by atomic mass is 35.5. The molecule has 0 spiro atoms. The fourth-order valence-electron chi connectivity index (χ4n) is 3.24. The molecule has 1 fully saturated rings. The molecule has 0 aliphatic carbocycles. The summed E-state index contributed by atoms with van der Waals surface area (Å²) in [4.78, 5) is 9.36. The van der Waals surface area contributed by atoms with Crippen LogP contribution in [0.15, 0.2) is 34.9 Å². The Balaban J connectivity index is 1.55. The van der Waals surface area contributed by atoms with E-state index in [1.54, 1.807) is 0 Å². The first-order valence-corrected chi connectivity index (χ1v) is 9.38. The van der Waals surface area contributed by atoms with Crippen LogP contribution in [0.2, 0.25) is 5.02 Å². The van der Waals surface area contributed by atoms with Gasteiger partial charge >= 0.3 is 0 Å². The molecule has 0 unspecified atom stereocenters. The van der Waals surface area contributed by atoms with Crippen LogP contribution in [-0.4, -0.2) is 41.0 Å². The Morgan fingerprint density at radius 3 is 2.44 bits per heavy atom. The van der Waals surface area contributed by atoms with Crippen molar-refractivity contribution in [3.05, 3.63) is 52.7 Å². The lowest BCUT2D eigenvalue weighted by Gasteiger charge is -2.38. The van der Waals surface area contributed by atoms with Crippen LogP contribution in [0.5, 0.6) is 0 Å². The van der Waals surface area contributed by atoms with Gasteiger partial charge in [0.05, 0.1) is 12.7 Å². The number of hydrogen-bond donors (Lipinski definition) is 0. The number of rotatable bonds is 4. The van der Waals surface area contributed by atoms with Crippen molar-refractivity contribution < 1.29 is 4.42 Å². The highest BCUT2D eigenvalue weighted by molar-refractivity contribution is 6.31. The number of hydrogen-bond acceptors (Lipinski definition) is 4. The predicted octanol–water partition coefficient (Wildman–Crippen LogP) is 4.50. The smallest absolute Gasteiger partial charge is 0.208 e. The van der Waals surface area contributed by atoms with Crippen LogP contribution in [0.1, 0.15) is 51.0 Å². The average molecular weight is 362 g/mol. The first-order valence-electron chi connectivity index (χ1n) is 9.00. The molecule has 0 saturated carbocycles. The van der Waals surface area contributed by atoms with Crippen molar-refractivity contribution >= 4 is 11.6 Å². The molecule has 1 aromatic heterocycles. The van der Waals surface area contributed by atoms with Crippen LogP contribution in [0.3, 0.4) is 0 Å². The summed E-state index contributed by atoms with van der Waals surface area (Å²) in [6, 6.07) is 8.48. The van der Waals surface area contributed by atoms with E-state index in [9.17, 15) is 0 Å². The molecule has 0 radical (unpaired) electrons. The van der Waals surface area contributed by atoms with E-state index >= 15 is 0 Å². The molecule has 1 aliphatic heterocycles. The number of halogens is 1. The minimum Gasteiger partial charge on any atom is -0.444 e. The van der Waals surface area contributed by atoms with Crippen molar-refractivity contribution in [2.24, 2.45) is 0 Å². The molecule has 0 bridgehead atoms. The van der Waals surface area contributed by atoms with Crippen molar-refractivity contribution in [3.8, 4) is 0 Å².